The predicted molar refractivity (Wildman–Crippen MR) is 85.6 cm³/mol. The summed E-state index contributed by atoms with van der Waals surface area (Å²) in [6.07, 6.45) is 0.916. The Hall–Kier alpha value is -1.81. The molecule has 108 valence electrons. The number of rotatable bonds is 2. The standard InChI is InChI=1S/C17H16BrNO2/c1-21-16-7-6-13(10-15(16)18)17(20)19-9-8-12-4-2-3-5-14(12)11-19/h2-7,10H,8-9,11H2,1H3. The maximum atomic E-state index is 12.6. The molecule has 1 amide bonds. The highest BCUT2D eigenvalue weighted by Gasteiger charge is 2.21. The molecule has 2 aromatic carbocycles. The number of carbonyl (C=O) groups excluding carboxylic acids is 1. The molecule has 3 rings (SSSR count). The van der Waals surface area contributed by atoms with Crippen LogP contribution in [0.25, 0.3) is 0 Å². The molecule has 0 atom stereocenters. The predicted octanol–water partition coefficient (Wildman–Crippen LogP) is 3.66. The fraction of sp³-hybridized carbons (Fsp3) is 0.235. The lowest BCUT2D eigenvalue weighted by Crippen LogP contribution is -2.35. The monoisotopic (exact) mass is 345 g/mol. The highest BCUT2D eigenvalue weighted by molar-refractivity contribution is 9.10. The highest BCUT2D eigenvalue weighted by atomic mass is 79.9. The van der Waals surface area contributed by atoms with Gasteiger partial charge in [0.25, 0.3) is 5.91 Å². The van der Waals surface area contributed by atoms with Crippen LogP contribution in [0.4, 0.5) is 0 Å². The number of benzene rings is 2. The Labute approximate surface area is 132 Å². The van der Waals surface area contributed by atoms with Gasteiger partial charge in [-0.2, -0.15) is 0 Å². The molecule has 0 unspecified atom stereocenters. The number of hydrogen-bond acceptors (Lipinski definition) is 2. The summed E-state index contributed by atoms with van der Waals surface area (Å²) in [6.45, 7) is 1.44. The fourth-order valence-electron chi connectivity index (χ4n) is 2.65. The van der Waals surface area contributed by atoms with Gasteiger partial charge in [-0.1, -0.05) is 24.3 Å². The molecule has 4 heteroatoms. The number of amides is 1. The van der Waals surface area contributed by atoms with Gasteiger partial charge in [0, 0.05) is 18.7 Å². The van der Waals surface area contributed by atoms with Gasteiger partial charge in [0.1, 0.15) is 5.75 Å². The third-order valence-electron chi connectivity index (χ3n) is 3.82. The molecule has 3 nitrogen and oxygen atoms in total. The highest BCUT2D eigenvalue weighted by Crippen LogP contribution is 2.27. The largest absolute Gasteiger partial charge is 0.496 e. The van der Waals surface area contributed by atoms with Crippen molar-refractivity contribution in [2.75, 3.05) is 13.7 Å². The van der Waals surface area contributed by atoms with Gasteiger partial charge in [-0.25, -0.2) is 0 Å². The molecule has 0 saturated heterocycles. The topological polar surface area (TPSA) is 29.5 Å². The molecule has 2 aromatic rings. The van der Waals surface area contributed by atoms with E-state index in [2.05, 4.69) is 34.1 Å². The molecule has 1 aliphatic heterocycles. The Morgan fingerprint density at radius 3 is 2.67 bits per heavy atom. The van der Waals surface area contributed by atoms with Crippen molar-refractivity contribution in [3.8, 4) is 5.75 Å². The van der Waals surface area contributed by atoms with Gasteiger partial charge in [-0.15, -0.1) is 0 Å². The van der Waals surface area contributed by atoms with E-state index < -0.39 is 0 Å². The van der Waals surface area contributed by atoms with Crippen molar-refractivity contribution in [3.05, 3.63) is 63.6 Å². The quantitative estimate of drug-likeness (QED) is 0.831. The average Bonchev–Trinajstić information content (AvgIpc) is 2.53. The second-order valence-corrected chi connectivity index (χ2v) is 5.95. The minimum atomic E-state index is 0.0628. The Morgan fingerprint density at radius 1 is 1.19 bits per heavy atom. The van der Waals surface area contributed by atoms with Gasteiger partial charge < -0.3 is 9.64 Å². The van der Waals surface area contributed by atoms with Gasteiger partial charge in [0.05, 0.1) is 11.6 Å². The zero-order valence-corrected chi connectivity index (χ0v) is 13.4. The second kappa shape index (κ2) is 5.90. The summed E-state index contributed by atoms with van der Waals surface area (Å²) < 4.78 is 6.00. The molecule has 1 aliphatic rings. The third kappa shape index (κ3) is 2.81. The van der Waals surface area contributed by atoms with Crippen LogP contribution in [0, 0.1) is 0 Å². The zero-order valence-electron chi connectivity index (χ0n) is 11.8. The van der Waals surface area contributed by atoms with Crippen LogP contribution in [0.15, 0.2) is 46.9 Å². The summed E-state index contributed by atoms with van der Waals surface area (Å²) in [5.41, 5.74) is 3.27. The van der Waals surface area contributed by atoms with Crippen LogP contribution in [0.1, 0.15) is 21.5 Å². The van der Waals surface area contributed by atoms with Crippen LogP contribution in [0.3, 0.4) is 0 Å². The van der Waals surface area contributed by atoms with E-state index >= 15 is 0 Å². The maximum Gasteiger partial charge on any atom is 0.254 e. The first-order chi connectivity index (χ1) is 10.2. The van der Waals surface area contributed by atoms with Gasteiger partial charge in [0.2, 0.25) is 0 Å². The number of fused-ring (bicyclic) bond motifs is 1. The third-order valence-corrected chi connectivity index (χ3v) is 4.44. The summed E-state index contributed by atoms with van der Waals surface area (Å²) in [4.78, 5) is 14.5. The van der Waals surface area contributed by atoms with E-state index in [-0.39, 0.29) is 5.91 Å². The molecular weight excluding hydrogens is 330 g/mol. The van der Waals surface area contributed by atoms with E-state index in [0.29, 0.717) is 12.1 Å². The van der Waals surface area contributed by atoms with Gasteiger partial charge in [-0.3, -0.25) is 4.79 Å². The van der Waals surface area contributed by atoms with Crippen molar-refractivity contribution >= 4 is 21.8 Å². The van der Waals surface area contributed by atoms with Crippen molar-refractivity contribution in [2.24, 2.45) is 0 Å². The SMILES string of the molecule is COc1ccc(C(=O)N2CCc3ccccc3C2)cc1Br. The van der Waals surface area contributed by atoms with Crippen molar-refractivity contribution in [1.29, 1.82) is 0 Å². The number of nitrogens with zero attached hydrogens (tertiary/aromatic N) is 1. The Morgan fingerprint density at radius 2 is 1.95 bits per heavy atom. The van der Waals surface area contributed by atoms with Gasteiger partial charge in [-0.05, 0) is 51.7 Å². The summed E-state index contributed by atoms with van der Waals surface area (Å²) in [6, 6.07) is 13.8. The lowest BCUT2D eigenvalue weighted by atomic mass is 9.99. The Bertz CT molecular complexity index is 684. The van der Waals surface area contributed by atoms with Crippen LogP contribution in [-0.2, 0) is 13.0 Å². The molecule has 0 N–H and O–H groups in total. The molecule has 0 fully saturated rings. The number of ether oxygens (including phenoxy) is 1. The lowest BCUT2D eigenvalue weighted by Gasteiger charge is -2.29. The van der Waals surface area contributed by atoms with Crippen molar-refractivity contribution in [2.45, 2.75) is 13.0 Å². The van der Waals surface area contributed by atoms with Crippen molar-refractivity contribution in [1.82, 2.24) is 4.90 Å². The van der Waals surface area contributed by atoms with Crippen LogP contribution in [-0.4, -0.2) is 24.5 Å². The summed E-state index contributed by atoms with van der Waals surface area (Å²) in [7, 11) is 1.61. The van der Waals surface area contributed by atoms with E-state index in [1.807, 2.05) is 29.2 Å². The second-order valence-electron chi connectivity index (χ2n) is 5.09. The van der Waals surface area contributed by atoms with Crippen molar-refractivity contribution in [3.63, 3.8) is 0 Å². The molecule has 0 bridgehead atoms. The first-order valence-electron chi connectivity index (χ1n) is 6.88. The Kier molecular flexibility index (Phi) is 3.97. The van der Waals surface area contributed by atoms with Gasteiger partial charge >= 0.3 is 0 Å². The van der Waals surface area contributed by atoms with E-state index in [1.54, 1.807) is 7.11 Å². The maximum absolute atomic E-state index is 12.6. The van der Waals surface area contributed by atoms with Gasteiger partial charge in [0.15, 0.2) is 0 Å². The summed E-state index contributed by atoms with van der Waals surface area (Å²) in [5, 5.41) is 0. The first kappa shape index (κ1) is 14.1. The number of methoxy groups -OCH3 is 1. The number of halogens is 1. The summed E-state index contributed by atoms with van der Waals surface area (Å²) >= 11 is 3.43. The molecule has 0 saturated carbocycles. The molecular formula is C17H16BrNO2. The molecule has 21 heavy (non-hydrogen) atoms. The smallest absolute Gasteiger partial charge is 0.254 e. The van der Waals surface area contributed by atoms with Crippen LogP contribution < -0.4 is 4.74 Å². The first-order valence-corrected chi connectivity index (χ1v) is 7.68. The lowest BCUT2D eigenvalue weighted by molar-refractivity contribution is 0.0734. The van der Waals surface area contributed by atoms with E-state index in [0.717, 1.165) is 23.2 Å². The molecule has 0 radical (unpaired) electrons. The molecule has 1 heterocycles. The van der Waals surface area contributed by atoms with Crippen molar-refractivity contribution < 1.29 is 9.53 Å². The van der Waals surface area contributed by atoms with E-state index in [9.17, 15) is 4.79 Å². The van der Waals surface area contributed by atoms with E-state index in [4.69, 9.17) is 4.74 Å². The molecule has 0 aromatic heterocycles. The van der Waals surface area contributed by atoms with E-state index in [1.165, 1.54) is 11.1 Å². The number of hydrogen-bond donors (Lipinski definition) is 0. The fourth-order valence-corrected chi connectivity index (χ4v) is 3.19. The average molecular weight is 346 g/mol. The Balaban J connectivity index is 1.82. The van der Waals surface area contributed by atoms with Crippen LogP contribution in [0.5, 0.6) is 5.75 Å². The molecule has 0 spiro atoms. The van der Waals surface area contributed by atoms with Crippen LogP contribution >= 0.6 is 15.9 Å². The normalized spacial score (nSPS) is 13.7. The minimum absolute atomic E-state index is 0.0628. The zero-order chi connectivity index (χ0) is 14.8. The minimum Gasteiger partial charge on any atom is -0.496 e. The summed E-state index contributed by atoms with van der Waals surface area (Å²) in [5.74, 6) is 0.795. The molecule has 0 aliphatic carbocycles. The van der Waals surface area contributed by atoms with Crippen LogP contribution in [0.2, 0.25) is 0 Å². The number of carbonyl (C=O) groups is 1.